The van der Waals surface area contributed by atoms with Crippen molar-refractivity contribution in [1.29, 1.82) is 0 Å². The first kappa shape index (κ1) is 15.0. The highest BCUT2D eigenvalue weighted by Gasteiger charge is 2.11. The van der Waals surface area contributed by atoms with Gasteiger partial charge in [-0.1, -0.05) is 29.8 Å². The third-order valence-corrected chi connectivity index (χ3v) is 5.11. The molecular formula is C17H14N4OS2. The zero-order valence-corrected chi connectivity index (χ0v) is 14.5. The van der Waals surface area contributed by atoms with E-state index in [0.717, 1.165) is 21.9 Å². The third kappa shape index (κ3) is 3.08. The number of amides is 1. The van der Waals surface area contributed by atoms with Crippen molar-refractivity contribution in [3.63, 3.8) is 0 Å². The molecule has 0 atom stereocenters. The predicted molar refractivity (Wildman–Crippen MR) is 97.7 cm³/mol. The number of anilines is 1. The van der Waals surface area contributed by atoms with Crippen molar-refractivity contribution in [3.8, 4) is 11.3 Å². The van der Waals surface area contributed by atoms with E-state index in [9.17, 15) is 4.79 Å². The minimum Gasteiger partial charge on any atom is -0.302 e. The van der Waals surface area contributed by atoms with Gasteiger partial charge in [-0.05, 0) is 6.92 Å². The van der Waals surface area contributed by atoms with Crippen molar-refractivity contribution >= 4 is 38.7 Å². The van der Waals surface area contributed by atoms with Crippen LogP contribution < -0.4 is 5.32 Å². The predicted octanol–water partition coefficient (Wildman–Crippen LogP) is 4.01. The molecule has 0 aliphatic carbocycles. The molecule has 0 spiro atoms. The summed E-state index contributed by atoms with van der Waals surface area (Å²) in [7, 11) is 0. The number of carbonyl (C=O) groups excluding carboxylic acids is 1. The molecule has 0 radical (unpaired) electrons. The number of benzene rings is 1. The Morgan fingerprint density at radius 3 is 2.83 bits per heavy atom. The van der Waals surface area contributed by atoms with Gasteiger partial charge in [0.15, 0.2) is 10.1 Å². The summed E-state index contributed by atoms with van der Waals surface area (Å²) in [4.78, 5) is 22.0. The summed E-state index contributed by atoms with van der Waals surface area (Å²) >= 11 is 2.98. The van der Waals surface area contributed by atoms with Crippen LogP contribution in [0.2, 0.25) is 0 Å². The number of hydrogen-bond acceptors (Lipinski definition) is 5. The normalized spacial score (nSPS) is 11.0. The van der Waals surface area contributed by atoms with Gasteiger partial charge in [-0.2, -0.15) is 0 Å². The van der Waals surface area contributed by atoms with Gasteiger partial charge < -0.3 is 5.32 Å². The monoisotopic (exact) mass is 354 g/mol. The van der Waals surface area contributed by atoms with Crippen LogP contribution in [-0.2, 0) is 11.2 Å². The van der Waals surface area contributed by atoms with Gasteiger partial charge in [0, 0.05) is 28.7 Å². The molecule has 0 aliphatic rings. The number of imidazole rings is 1. The molecule has 0 saturated heterocycles. The summed E-state index contributed by atoms with van der Waals surface area (Å²) in [5, 5.41) is 7.38. The summed E-state index contributed by atoms with van der Waals surface area (Å²) in [5.41, 5.74) is 3.89. The number of nitrogens with one attached hydrogen (secondary N) is 1. The minimum atomic E-state index is -0.106. The molecule has 1 N–H and O–H groups in total. The van der Waals surface area contributed by atoms with Gasteiger partial charge in [0.2, 0.25) is 5.91 Å². The van der Waals surface area contributed by atoms with E-state index < -0.39 is 0 Å². The molecule has 0 fully saturated rings. The van der Waals surface area contributed by atoms with Crippen molar-refractivity contribution < 1.29 is 4.79 Å². The molecule has 0 saturated carbocycles. The SMILES string of the molecule is Cc1ccc(-c2csc(NC(=O)Cc3cn4ccsc4n3)n2)cc1. The standard InChI is InChI=1S/C17H14N4OS2/c1-11-2-4-12(5-3-11)14-10-24-16(19-14)20-15(22)8-13-9-21-6-7-23-17(21)18-13/h2-7,9-10H,8H2,1H3,(H,19,20,22). The average molecular weight is 354 g/mol. The van der Waals surface area contributed by atoms with E-state index in [1.54, 1.807) is 11.3 Å². The van der Waals surface area contributed by atoms with Crippen LogP contribution in [0.4, 0.5) is 5.13 Å². The fourth-order valence-electron chi connectivity index (χ4n) is 2.38. The van der Waals surface area contributed by atoms with Crippen molar-refractivity contribution in [3.05, 3.63) is 58.7 Å². The van der Waals surface area contributed by atoms with Crippen LogP contribution in [0, 0.1) is 6.92 Å². The highest BCUT2D eigenvalue weighted by molar-refractivity contribution is 7.15. The smallest absolute Gasteiger partial charge is 0.232 e. The largest absolute Gasteiger partial charge is 0.302 e. The molecule has 120 valence electrons. The molecule has 24 heavy (non-hydrogen) atoms. The first-order valence-electron chi connectivity index (χ1n) is 7.41. The van der Waals surface area contributed by atoms with Crippen molar-refractivity contribution in [2.75, 3.05) is 5.32 Å². The lowest BCUT2D eigenvalue weighted by Crippen LogP contribution is -2.14. The zero-order valence-electron chi connectivity index (χ0n) is 12.9. The maximum atomic E-state index is 12.2. The van der Waals surface area contributed by atoms with E-state index in [-0.39, 0.29) is 12.3 Å². The Morgan fingerprint density at radius 1 is 1.21 bits per heavy atom. The fourth-order valence-corrected chi connectivity index (χ4v) is 3.83. The van der Waals surface area contributed by atoms with Gasteiger partial charge >= 0.3 is 0 Å². The Kier molecular flexibility index (Phi) is 3.87. The zero-order chi connectivity index (χ0) is 16.5. The second kappa shape index (κ2) is 6.18. The second-order valence-corrected chi connectivity index (χ2v) is 7.19. The van der Waals surface area contributed by atoms with Crippen LogP contribution >= 0.6 is 22.7 Å². The quantitative estimate of drug-likeness (QED) is 0.602. The molecule has 5 nitrogen and oxygen atoms in total. The maximum absolute atomic E-state index is 12.2. The summed E-state index contributed by atoms with van der Waals surface area (Å²) < 4.78 is 1.92. The Hall–Kier alpha value is -2.51. The highest BCUT2D eigenvalue weighted by atomic mass is 32.1. The molecule has 3 heterocycles. The lowest BCUT2D eigenvalue weighted by atomic mass is 10.1. The molecule has 1 amide bonds. The van der Waals surface area contributed by atoms with Crippen molar-refractivity contribution in [2.45, 2.75) is 13.3 Å². The highest BCUT2D eigenvalue weighted by Crippen LogP contribution is 2.25. The summed E-state index contributed by atoms with van der Waals surface area (Å²) in [6.07, 6.45) is 4.06. The lowest BCUT2D eigenvalue weighted by molar-refractivity contribution is -0.115. The number of thiazole rings is 2. The van der Waals surface area contributed by atoms with Gasteiger partial charge in [0.25, 0.3) is 0 Å². The van der Waals surface area contributed by atoms with Crippen molar-refractivity contribution in [1.82, 2.24) is 14.4 Å². The van der Waals surface area contributed by atoms with Crippen LogP contribution in [-0.4, -0.2) is 20.3 Å². The van der Waals surface area contributed by atoms with Crippen LogP contribution in [0.25, 0.3) is 16.2 Å². The molecule has 3 aromatic heterocycles. The van der Waals surface area contributed by atoms with Crippen LogP contribution in [0.1, 0.15) is 11.3 Å². The molecule has 4 aromatic rings. The van der Waals surface area contributed by atoms with E-state index in [1.165, 1.54) is 16.9 Å². The Bertz CT molecular complexity index is 969. The lowest BCUT2D eigenvalue weighted by Gasteiger charge is -1.99. The summed E-state index contributed by atoms with van der Waals surface area (Å²) in [6.45, 7) is 2.05. The van der Waals surface area contributed by atoms with Gasteiger partial charge in [-0.25, -0.2) is 9.97 Å². The topological polar surface area (TPSA) is 59.3 Å². The molecule has 0 aliphatic heterocycles. The number of nitrogens with zero attached hydrogens (tertiary/aromatic N) is 3. The van der Waals surface area contributed by atoms with Gasteiger partial charge in [-0.3, -0.25) is 9.20 Å². The molecule has 4 rings (SSSR count). The Balaban J connectivity index is 1.44. The number of aromatic nitrogens is 3. The van der Waals surface area contributed by atoms with E-state index in [0.29, 0.717) is 5.13 Å². The second-order valence-electron chi connectivity index (χ2n) is 5.45. The van der Waals surface area contributed by atoms with E-state index in [1.807, 2.05) is 39.7 Å². The number of carbonyl (C=O) groups is 1. The summed E-state index contributed by atoms with van der Waals surface area (Å²) in [5.74, 6) is -0.106. The van der Waals surface area contributed by atoms with E-state index >= 15 is 0 Å². The molecular weight excluding hydrogens is 340 g/mol. The molecule has 1 aromatic carbocycles. The number of hydrogen-bond donors (Lipinski definition) is 1. The third-order valence-electron chi connectivity index (χ3n) is 3.58. The van der Waals surface area contributed by atoms with E-state index in [2.05, 4.69) is 34.3 Å². The molecule has 0 unspecified atom stereocenters. The molecule has 7 heteroatoms. The van der Waals surface area contributed by atoms with Crippen molar-refractivity contribution in [2.24, 2.45) is 0 Å². The van der Waals surface area contributed by atoms with Gasteiger partial charge in [0.1, 0.15) is 0 Å². The first-order chi connectivity index (χ1) is 11.7. The van der Waals surface area contributed by atoms with Crippen LogP contribution in [0.3, 0.4) is 0 Å². The fraction of sp³-hybridized carbons (Fsp3) is 0.118. The molecule has 0 bridgehead atoms. The Labute approximate surface area is 146 Å². The number of aryl methyl sites for hydroxylation is 1. The number of fused-ring (bicyclic) bond motifs is 1. The Morgan fingerprint density at radius 2 is 2.04 bits per heavy atom. The minimum absolute atomic E-state index is 0.106. The van der Waals surface area contributed by atoms with Gasteiger partial charge in [0.05, 0.1) is 17.8 Å². The van der Waals surface area contributed by atoms with Crippen LogP contribution in [0.15, 0.2) is 47.4 Å². The van der Waals surface area contributed by atoms with Crippen LogP contribution in [0.5, 0.6) is 0 Å². The van der Waals surface area contributed by atoms with Gasteiger partial charge in [-0.15, -0.1) is 22.7 Å². The van der Waals surface area contributed by atoms with E-state index in [4.69, 9.17) is 0 Å². The average Bonchev–Trinajstić information content (AvgIpc) is 3.24. The number of rotatable bonds is 4. The maximum Gasteiger partial charge on any atom is 0.232 e. The first-order valence-corrected chi connectivity index (χ1v) is 9.17. The summed E-state index contributed by atoms with van der Waals surface area (Å²) in [6, 6.07) is 8.18.